The van der Waals surface area contributed by atoms with E-state index in [1.165, 1.54) is 22.6 Å². The summed E-state index contributed by atoms with van der Waals surface area (Å²) in [5.41, 5.74) is 1.94. The third-order valence-electron chi connectivity index (χ3n) is 8.55. The van der Waals surface area contributed by atoms with E-state index in [9.17, 15) is 5.11 Å². The van der Waals surface area contributed by atoms with Gasteiger partial charge in [0.05, 0.1) is 11.6 Å². The van der Waals surface area contributed by atoms with Gasteiger partial charge in [-0.3, -0.25) is 9.88 Å². The van der Waals surface area contributed by atoms with E-state index >= 15 is 0 Å². The Morgan fingerprint density at radius 2 is 1.76 bits per heavy atom. The van der Waals surface area contributed by atoms with Crippen molar-refractivity contribution in [2.24, 2.45) is 11.8 Å². The summed E-state index contributed by atoms with van der Waals surface area (Å²) in [7, 11) is 0. The number of pyridine rings is 1. The van der Waals surface area contributed by atoms with Crippen LogP contribution < -0.4 is 4.74 Å². The number of rotatable bonds is 5. The molecule has 8 rings (SSSR count). The number of benzene rings is 4. The van der Waals surface area contributed by atoms with Gasteiger partial charge in [-0.25, -0.2) is 0 Å². The third kappa shape index (κ3) is 3.75. The number of aromatic hydroxyl groups is 1. The number of phenolic OH excluding ortho intramolecular Hbond substituents is 1. The summed E-state index contributed by atoms with van der Waals surface area (Å²) in [6, 6.07) is 26.9. The van der Waals surface area contributed by atoms with Crippen LogP contribution in [0.4, 0.5) is 0 Å². The molecule has 2 unspecified atom stereocenters. The van der Waals surface area contributed by atoms with Crippen molar-refractivity contribution in [3.05, 3.63) is 103 Å². The monoisotopic (exact) mass is 486 g/mol. The summed E-state index contributed by atoms with van der Waals surface area (Å²) in [5.74, 6) is 2.29. The van der Waals surface area contributed by atoms with E-state index < -0.39 is 0 Å². The minimum atomic E-state index is -0.203. The molecule has 184 valence electrons. The number of hydrogen-bond donors (Lipinski definition) is 1. The standard InChI is InChI=1S/C33H30N2O2/c1-2-21-20-35-16-14-22(21)17-31(35)33(28-13-15-34-30-12-11-24(36)19-29(28)30)37-32-18-23-7-3-4-8-25(23)26-9-5-6-10-27(26)32/h2-13,15,18-19,21-22,31,33,36H,1,14,16-17,20H2/t21?,22-,31-,33-/m1/s1. The fourth-order valence-electron chi connectivity index (χ4n) is 6.70. The number of ether oxygens (including phenoxy) is 1. The lowest BCUT2D eigenvalue weighted by atomic mass is 9.73. The Balaban J connectivity index is 1.41. The van der Waals surface area contributed by atoms with Gasteiger partial charge in [0.15, 0.2) is 0 Å². The second kappa shape index (κ2) is 8.89. The highest BCUT2D eigenvalue weighted by Gasteiger charge is 2.44. The minimum Gasteiger partial charge on any atom is -0.508 e. The van der Waals surface area contributed by atoms with Gasteiger partial charge in [0.1, 0.15) is 17.6 Å². The molecule has 5 aromatic rings. The lowest BCUT2D eigenvalue weighted by Gasteiger charge is -2.51. The summed E-state index contributed by atoms with van der Waals surface area (Å²) in [6.07, 6.45) is 6.07. The number of phenols is 1. The number of piperidine rings is 3. The Hall–Kier alpha value is -3.89. The lowest BCUT2D eigenvalue weighted by Crippen LogP contribution is -2.55. The molecule has 4 aromatic carbocycles. The highest BCUT2D eigenvalue weighted by atomic mass is 16.5. The Morgan fingerprint density at radius 3 is 2.57 bits per heavy atom. The van der Waals surface area contributed by atoms with Crippen LogP contribution in [-0.2, 0) is 0 Å². The second-order valence-electron chi connectivity index (χ2n) is 10.5. The van der Waals surface area contributed by atoms with E-state index in [2.05, 4.69) is 83.2 Å². The Morgan fingerprint density at radius 1 is 0.946 bits per heavy atom. The third-order valence-corrected chi connectivity index (χ3v) is 8.55. The zero-order valence-electron chi connectivity index (χ0n) is 20.8. The topological polar surface area (TPSA) is 45.6 Å². The smallest absolute Gasteiger partial charge is 0.140 e. The van der Waals surface area contributed by atoms with Crippen LogP contribution in [0.25, 0.3) is 32.4 Å². The van der Waals surface area contributed by atoms with Gasteiger partial charge in [-0.1, -0.05) is 54.6 Å². The van der Waals surface area contributed by atoms with Gasteiger partial charge in [0.25, 0.3) is 0 Å². The number of hydrogen-bond acceptors (Lipinski definition) is 4. The highest BCUT2D eigenvalue weighted by molar-refractivity contribution is 6.10. The average molecular weight is 487 g/mol. The highest BCUT2D eigenvalue weighted by Crippen LogP contribution is 2.45. The zero-order chi connectivity index (χ0) is 24.9. The van der Waals surface area contributed by atoms with E-state index in [1.807, 2.05) is 18.3 Å². The van der Waals surface area contributed by atoms with Crippen LogP contribution in [0.1, 0.15) is 24.5 Å². The molecule has 3 aliphatic heterocycles. The van der Waals surface area contributed by atoms with Gasteiger partial charge in [-0.05, 0) is 77.7 Å². The predicted molar refractivity (Wildman–Crippen MR) is 150 cm³/mol. The molecule has 3 fully saturated rings. The molecule has 37 heavy (non-hydrogen) atoms. The van der Waals surface area contributed by atoms with Crippen LogP contribution in [-0.4, -0.2) is 34.1 Å². The molecule has 4 nitrogen and oxygen atoms in total. The maximum atomic E-state index is 10.4. The zero-order valence-corrected chi connectivity index (χ0v) is 20.8. The summed E-state index contributed by atoms with van der Waals surface area (Å²) in [5, 5.41) is 16.0. The van der Waals surface area contributed by atoms with Gasteiger partial charge >= 0.3 is 0 Å². The molecular formula is C33H30N2O2. The Labute approximate surface area is 216 Å². The second-order valence-corrected chi connectivity index (χ2v) is 10.5. The van der Waals surface area contributed by atoms with E-state index in [0.717, 1.165) is 47.1 Å². The van der Waals surface area contributed by atoms with Crippen LogP contribution in [0, 0.1) is 11.8 Å². The average Bonchev–Trinajstić information content (AvgIpc) is 2.96. The van der Waals surface area contributed by atoms with Crippen LogP contribution in [0.5, 0.6) is 11.5 Å². The van der Waals surface area contributed by atoms with E-state index in [4.69, 9.17) is 4.74 Å². The van der Waals surface area contributed by atoms with Crippen molar-refractivity contribution < 1.29 is 9.84 Å². The molecule has 5 atom stereocenters. The van der Waals surface area contributed by atoms with Gasteiger partial charge < -0.3 is 9.84 Å². The largest absolute Gasteiger partial charge is 0.508 e. The molecule has 0 aliphatic carbocycles. The van der Waals surface area contributed by atoms with Crippen molar-refractivity contribution in [1.82, 2.24) is 9.88 Å². The normalized spacial score (nSPS) is 23.9. The van der Waals surface area contributed by atoms with Crippen molar-refractivity contribution in [2.75, 3.05) is 13.1 Å². The Kier molecular flexibility index (Phi) is 5.37. The first kappa shape index (κ1) is 22.3. The molecule has 4 heterocycles. The van der Waals surface area contributed by atoms with Crippen LogP contribution in [0.3, 0.4) is 0 Å². The quantitative estimate of drug-likeness (QED) is 0.210. The van der Waals surface area contributed by atoms with Crippen molar-refractivity contribution in [1.29, 1.82) is 0 Å². The van der Waals surface area contributed by atoms with Crippen molar-refractivity contribution in [3.63, 3.8) is 0 Å². The molecule has 0 saturated carbocycles. The number of fused-ring (bicyclic) bond motifs is 7. The molecule has 2 bridgehead atoms. The molecule has 0 radical (unpaired) electrons. The van der Waals surface area contributed by atoms with Crippen LogP contribution in [0.2, 0.25) is 0 Å². The SMILES string of the molecule is C=CC1CN2CC[C@@H]1C[C@@H]2[C@H](Oc1cc2ccccc2c2ccccc12)c1ccnc2ccc(O)cc12. The van der Waals surface area contributed by atoms with E-state index in [0.29, 0.717) is 11.8 Å². The molecular weight excluding hydrogens is 456 g/mol. The maximum absolute atomic E-state index is 10.4. The maximum Gasteiger partial charge on any atom is 0.140 e. The van der Waals surface area contributed by atoms with Crippen molar-refractivity contribution >= 4 is 32.4 Å². The molecule has 3 aliphatic rings. The summed E-state index contributed by atoms with van der Waals surface area (Å²) < 4.78 is 7.15. The van der Waals surface area contributed by atoms with Crippen LogP contribution in [0.15, 0.2) is 97.7 Å². The first-order valence-corrected chi connectivity index (χ1v) is 13.2. The van der Waals surface area contributed by atoms with E-state index in [1.54, 1.807) is 6.07 Å². The summed E-state index contributed by atoms with van der Waals surface area (Å²) in [6.45, 7) is 6.21. The molecule has 0 spiro atoms. The molecule has 0 amide bonds. The molecule has 1 aromatic heterocycles. The predicted octanol–water partition coefficient (Wildman–Crippen LogP) is 7.26. The van der Waals surface area contributed by atoms with E-state index in [-0.39, 0.29) is 17.9 Å². The van der Waals surface area contributed by atoms with Gasteiger partial charge in [0, 0.05) is 29.1 Å². The fraction of sp³-hybridized carbons (Fsp3) is 0.242. The number of nitrogens with zero attached hydrogens (tertiary/aromatic N) is 2. The lowest BCUT2D eigenvalue weighted by molar-refractivity contribution is -0.0352. The van der Waals surface area contributed by atoms with Crippen molar-refractivity contribution in [2.45, 2.75) is 25.0 Å². The van der Waals surface area contributed by atoms with Gasteiger partial charge in [0.2, 0.25) is 0 Å². The number of aromatic nitrogens is 1. The fourth-order valence-corrected chi connectivity index (χ4v) is 6.70. The summed E-state index contributed by atoms with van der Waals surface area (Å²) in [4.78, 5) is 7.18. The molecule has 3 saturated heterocycles. The Bertz CT molecular complexity index is 1640. The minimum absolute atomic E-state index is 0.203. The summed E-state index contributed by atoms with van der Waals surface area (Å²) >= 11 is 0. The molecule has 1 N–H and O–H groups in total. The van der Waals surface area contributed by atoms with Gasteiger partial charge in [-0.15, -0.1) is 6.58 Å². The first-order chi connectivity index (χ1) is 18.2. The first-order valence-electron chi connectivity index (χ1n) is 13.2. The van der Waals surface area contributed by atoms with Gasteiger partial charge in [-0.2, -0.15) is 0 Å². The van der Waals surface area contributed by atoms with Crippen molar-refractivity contribution in [3.8, 4) is 11.5 Å². The molecule has 4 heteroatoms. The van der Waals surface area contributed by atoms with Crippen LogP contribution >= 0.6 is 0 Å².